The normalized spacial score (nSPS) is 15.8. The van der Waals surface area contributed by atoms with Crippen LogP contribution in [0, 0.1) is 0 Å². The second-order valence-electron chi connectivity index (χ2n) is 6.40. The zero-order chi connectivity index (χ0) is 18.9. The lowest BCUT2D eigenvalue weighted by Crippen LogP contribution is -2.42. The Morgan fingerprint density at radius 3 is 2.35 bits per heavy atom. The Morgan fingerprint density at radius 1 is 1.19 bits per heavy atom. The Bertz CT molecular complexity index is 937. The van der Waals surface area contributed by atoms with E-state index >= 15 is 0 Å². The van der Waals surface area contributed by atoms with Crippen molar-refractivity contribution >= 4 is 27.4 Å². The van der Waals surface area contributed by atoms with Crippen LogP contribution in [-0.2, 0) is 14.6 Å². The van der Waals surface area contributed by atoms with E-state index in [2.05, 4.69) is 20.6 Å². The van der Waals surface area contributed by atoms with E-state index in [0.29, 0.717) is 35.6 Å². The summed E-state index contributed by atoms with van der Waals surface area (Å²) in [5.74, 6) is 0.592. The number of urea groups is 1. The SMILES string of the molecule is CNC(=O)Nc1ccc(-c2nc(N)cc(C3(S(C)(=O)=O)CCC3)n2)cc1. The van der Waals surface area contributed by atoms with E-state index < -0.39 is 14.6 Å². The van der Waals surface area contributed by atoms with Crippen LogP contribution < -0.4 is 16.4 Å². The van der Waals surface area contributed by atoms with E-state index in [-0.39, 0.29) is 11.8 Å². The molecular weight excluding hydrogens is 354 g/mol. The zero-order valence-corrected chi connectivity index (χ0v) is 15.4. The average molecular weight is 375 g/mol. The number of nitrogens with two attached hydrogens (primary N) is 1. The largest absolute Gasteiger partial charge is 0.384 e. The monoisotopic (exact) mass is 375 g/mol. The van der Waals surface area contributed by atoms with Crippen molar-refractivity contribution in [3.8, 4) is 11.4 Å². The molecule has 1 aliphatic carbocycles. The Balaban J connectivity index is 1.97. The molecule has 0 atom stereocenters. The van der Waals surface area contributed by atoms with E-state index in [1.807, 2.05) is 0 Å². The number of hydrogen-bond donors (Lipinski definition) is 3. The highest BCUT2D eigenvalue weighted by Crippen LogP contribution is 2.47. The molecule has 26 heavy (non-hydrogen) atoms. The molecule has 1 aromatic carbocycles. The highest BCUT2D eigenvalue weighted by atomic mass is 32.2. The van der Waals surface area contributed by atoms with Gasteiger partial charge in [0.05, 0.1) is 5.69 Å². The summed E-state index contributed by atoms with van der Waals surface area (Å²) in [4.78, 5) is 20.1. The fraction of sp³-hybridized carbons (Fsp3) is 0.353. The van der Waals surface area contributed by atoms with E-state index in [1.165, 1.54) is 13.3 Å². The van der Waals surface area contributed by atoms with Crippen LogP contribution in [0.4, 0.5) is 16.3 Å². The molecule has 0 unspecified atom stereocenters. The molecule has 0 aliphatic heterocycles. The summed E-state index contributed by atoms with van der Waals surface area (Å²) >= 11 is 0. The molecule has 1 aliphatic rings. The topological polar surface area (TPSA) is 127 Å². The minimum atomic E-state index is -3.32. The average Bonchev–Trinajstić information content (AvgIpc) is 2.52. The number of nitrogen functional groups attached to an aromatic ring is 1. The first-order valence-electron chi connectivity index (χ1n) is 8.19. The van der Waals surface area contributed by atoms with E-state index in [9.17, 15) is 13.2 Å². The molecule has 1 fully saturated rings. The molecule has 0 spiro atoms. The van der Waals surface area contributed by atoms with Crippen LogP contribution in [0.1, 0.15) is 25.0 Å². The standard InChI is InChI=1S/C17H21N5O3S/c1-19-16(23)20-12-6-4-11(5-7-12)15-21-13(10-14(18)22-15)17(8-3-9-17)26(2,24)25/h4-7,10H,3,8-9H2,1-2H3,(H2,18,21,22)(H2,19,20,23). The van der Waals surface area contributed by atoms with Crippen LogP contribution in [0.5, 0.6) is 0 Å². The number of sulfone groups is 1. The van der Waals surface area contributed by atoms with E-state index in [1.54, 1.807) is 30.3 Å². The lowest BCUT2D eigenvalue weighted by atomic mass is 9.81. The molecule has 8 nitrogen and oxygen atoms in total. The first kappa shape index (κ1) is 18.1. The van der Waals surface area contributed by atoms with Gasteiger partial charge in [-0.25, -0.2) is 23.2 Å². The van der Waals surface area contributed by atoms with Crippen molar-refractivity contribution in [2.45, 2.75) is 24.0 Å². The first-order valence-corrected chi connectivity index (χ1v) is 10.1. The van der Waals surface area contributed by atoms with Gasteiger partial charge in [0.15, 0.2) is 15.7 Å². The third-order valence-corrected chi connectivity index (χ3v) is 6.75. The van der Waals surface area contributed by atoms with Gasteiger partial charge in [-0.15, -0.1) is 0 Å². The molecule has 0 radical (unpaired) electrons. The quantitative estimate of drug-likeness (QED) is 0.749. The van der Waals surface area contributed by atoms with Crippen LogP contribution in [0.2, 0.25) is 0 Å². The fourth-order valence-corrected chi connectivity index (χ4v) is 4.55. The van der Waals surface area contributed by atoms with Crippen molar-refractivity contribution in [3.63, 3.8) is 0 Å². The summed E-state index contributed by atoms with van der Waals surface area (Å²) in [6, 6.07) is 8.15. The maximum atomic E-state index is 12.3. The third kappa shape index (κ3) is 3.22. The highest BCUT2D eigenvalue weighted by Gasteiger charge is 2.49. The van der Waals surface area contributed by atoms with Crippen molar-refractivity contribution in [2.75, 3.05) is 24.4 Å². The molecule has 0 saturated heterocycles. The minimum absolute atomic E-state index is 0.229. The molecule has 1 saturated carbocycles. The van der Waals surface area contributed by atoms with Gasteiger partial charge in [-0.2, -0.15) is 0 Å². The molecular formula is C17H21N5O3S. The second kappa shape index (κ2) is 6.56. The van der Waals surface area contributed by atoms with Gasteiger partial charge in [0.1, 0.15) is 10.6 Å². The lowest BCUT2D eigenvalue weighted by molar-refractivity contribution is 0.254. The van der Waals surface area contributed by atoms with Gasteiger partial charge in [0.25, 0.3) is 0 Å². The van der Waals surface area contributed by atoms with Gasteiger partial charge in [-0.05, 0) is 43.5 Å². The highest BCUT2D eigenvalue weighted by molar-refractivity contribution is 7.91. The van der Waals surface area contributed by atoms with E-state index in [0.717, 1.165) is 6.42 Å². The lowest BCUT2D eigenvalue weighted by Gasteiger charge is -2.39. The van der Waals surface area contributed by atoms with Crippen LogP contribution in [0.3, 0.4) is 0 Å². The molecule has 138 valence electrons. The van der Waals surface area contributed by atoms with Crippen LogP contribution in [-0.4, -0.2) is 37.7 Å². The first-order chi connectivity index (χ1) is 12.2. The smallest absolute Gasteiger partial charge is 0.318 e. The summed E-state index contributed by atoms with van der Waals surface area (Å²) in [6.45, 7) is 0. The van der Waals surface area contributed by atoms with Crippen molar-refractivity contribution < 1.29 is 13.2 Å². The van der Waals surface area contributed by atoms with Crippen molar-refractivity contribution in [3.05, 3.63) is 36.0 Å². The maximum Gasteiger partial charge on any atom is 0.318 e. The Hall–Kier alpha value is -2.68. The molecule has 1 heterocycles. The zero-order valence-electron chi connectivity index (χ0n) is 14.6. The maximum absolute atomic E-state index is 12.3. The number of amides is 2. The number of carbonyl (C=O) groups excluding carboxylic acids is 1. The number of carbonyl (C=O) groups is 1. The number of nitrogens with one attached hydrogen (secondary N) is 2. The number of hydrogen-bond acceptors (Lipinski definition) is 6. The van der Waals surface area contributed by atoms with Gasteiger partial charge in [-0.3, -0.25) is 0 Å². The van der Waals surface area contributed by atoms with Crippen LogP contribution in [0.25, 0.3) is 11.4 Å². The summed E-state index contributed by atoms with van der Waals surface area (Å²) in [7, 11) is -1.79. The van der Waals surface area contributed by atoms with Gasteiger partial charge in [-0.1, -0.05) is 0 Å². The number of rotatable bonds is 4. The molecule has 2 aromatic rings. The van der Waals surface area contributed by atoms with Gasteiger partial charge >= 0.3 is 6.03 Å². The van der Waals surface area contributed by atoms with Crippen LogP contribution >= 0.6 is 0 Å². The Labute approximate surface area is 152 Å². The molecule has 9 heteroatoms. The summed E-state index contributed by atoms with van der Waals surface area (Å²) in [5, 5.41) is 5.13. The molecule has 4 N–H and O–H groups in total. The number of aromatic nitrogens is 2. The van der Waals surface area contributed by atoms with Crippen molar-refractivity contribution in [2.24, 2.45) is 0 Å². The number of nitrogens with zero attached hydrogens (tertiary/aromatic N) is 2. The predicted octanol–water partition coefficient (Wildman–Crippen LogP) is 1.90. The van der Waals surface area contributed by atoms with Gasteiger partial charge in [0, 0.05) is 30.6 Å². The van der Waals surface area contributed by atoms with Crippen LogP contribution in [0.15, 0.2) is 30.3 Å². The molecule has 2 amide bonds. The van der Waals surface area contributed by atoms with Crippen molar-refractivity contribution in [1.82, 2.24) is 15.3 Å². The summed E-state index contributed by atoms with van der Waals surface area (Å²) in [5.41, 5.74) is 7.66. The van der Waals surface area contributed by atoms with Gasteiger partial charge in [0.2, 0.25) is 0 Å². The Morgan fingerprint density at radius 2 is 1.85 bits per heavy atom. The summed E-state index contributed by atoms with van der Waals surface area (Å²) in [6.07, 6.45) is 3.16. The molecule has 1 aromatic heterocycles. The van der Waals surface area contributed by atoms with Gasteiger partial charge < -0.3 is 16.4 Å². The second-order valence-corrected chi connectivity index (χ2v) is 8.73. The summed E-state index contributed by atoms with van der Waals surface area (Å²) < 4.78 is 23.7. The molecule has 0 bridgehead atoms. The molecule has 3 rings (SSSR count). The van der Waals surface area contributed by atoms with Crippen molar-refractivity contribution in [1.29, 1.82) is 0 Å². The Kier molecular flexibility index (Phi) is 4.57. The number of anilines is 2. The number of benzene rings is 1. The fourth-order valence-electron chi connectivity index (χ4n) is 3.04. The van der Waals surface area contributed by atoms with E-state index in [4.69, 9.17) is 5.73 Å². The minimum Gasteiger partial charge on any atom is -0.384 e. The third-order valence-electron chi connectivity index (χ3n) is 4.71. The predicted molar refractivity (Wildman–Crippen MR) is 100 cm³/mol.